The molecule has 136 valence electrons. The molecule has 0 bridgehead atoms. The highest BCUT2D eigenvalue weighted by Gasteiger charge is 2.21. The maximum Gasteiger partial charge on any atom is 0.317 e. The number of thioether (sulfide) groups is 1. The Morgan fingerprint density at radius 1 is 1.36 bits per heavy atom. The van der Waals surface area contributed by atoms with Crippen LogP contribution in [-0.2, 0) is 14.3 Å². The lowest BCUT2D eigenvalue weighted by molar-refractivity contribution is -0.150. The molecule has 1 N–H and O–H groups in total. The number of carbonyl (C=O) groups is 2. The van der Waals surface area contributed by atoms with Crippen molar-refractivity contribution in [1.29, 1.82) is 0 Å². The van der Waals surface area contributed by atoms with Crippen molar-refractivity contribution >= 4 is 45.9 Å². The van der Waals surface area contributed by atoms with E-state index in [2.05, 4.69) is 5.32 Å². The number of nitrogens with one attached hydrogen (secondary N) is 1. The van der Waals surface area contributed by atoms with Gasteiger partial charge >= 0.3 is 5.97 Å². The molecule has 1 saturated heterocycles. The Bertz CT molecular complexity index is 667. The van der Waals surface area contributed by atoms with Gasteiger partial charge < -0.3 is 15.0 Å². The maximum atomic E-state index is 13.5. The van der Waals surface area contributed by atoms with Gasteiger partial charge in [0, 0.05) is 19.2 Å². The molecule has 1 fully saturated rings. The molecule has 0 saturated carbocycles. The highest BCUT2D eigenvalue weighted by molar-refractivity contribution is 8.23. The number of thiocarbonyl (C=S) groups is 1. The SMILES string of the molecule is C[C@H](OC(=O)CSC(=S)N1CCCC1)C(=O)Nc1ccc(F)cc1F. The molecule has 1 aliphatic rings. The van der Waals surface area contributed by atoms with Crippen LogP contribution in [0.4, 0.5) is 14.5 Å². The third kappa shape index (κ3) is 5.93. The van der Waals surface area contributed by atoms with Gasteiger partial charge in [0.15, 0.2) is 6.10 Å². The van der Waals surface area contributed by atoms with Gasteiger partial charge in [-0.1, -0.05) is 24.0 Å². The fourth-order valence-electron chi connectivity index (χ4n) is 2.22. The highest BCUT2D eigenvalue weighted by Crippen LogP contribution is 2.17. The van der Waals surface area contributed by atoms with Crippen molar-refractivity contribution in [3.05, 3.63) is 29.8 Å². The van der Waals surface area contributed by atoms with Crippen LogP contribution in [0.1, 0.15) is 19.8 Å². The Kier molecular flexibility index (Phi) is 7.12. The second kappa shape index (κ2) is 9.10. The topological polar surface area (TPSA) is 58.6 Å². The van der Waals surface area contributed by atoms with Crippen molar-refractivity contribution in [3.63, 3.8) is 0 Å². The molecule has 1 aromatic carbocycles. The van der Waals surface area contributed by atoms with Gasteiger partial charge in [0.25, 0.3) is 5.91 Å². The van der Waals surface area contributed by atoms with Crippen molar-refractivity contribution < 1.29 is 23.1 Å². The molecule has 1 heterocycles. The van der Waals surface area contributed by atoms with Crippen LogP contribution in [0.25, 0.3) is 0 Å². The fourth-order valence-corrected chi connectivity index (χ4v) is 3.26. The van der Waals surface area contributed by atoms with Crippen LogP contribution in [0.2, 0.25) is 0 Å². The van der Waals surface area contributed by atoms with Crippen molar-refractivity contribution in [2.45, 2.75) is 25.9 Å². The van der Waals surface area contributed by atoms with Crippen LogP contribution in [0.15, 0.2) is 18.2 Å². The maximum absolute atomic E-state index is 13.5. The van der Waals surface area contributed by atoms with E-state index >= 15 is 0 Å². The average molecular weight is 388 g/mol. The lowest BCUT2D eigenvalue weighted by Gasteiger charge is -2.18. The Morgan fingerprint density at radius 3 is 2.68 bits per heavy atom. The van der Waals surface area contributed by atoms with Crippen LogP contribution in [-0.4, -0.2) is 46.0 Å². The van der Waals surface area contributed by atoms with E-state index < -0.39 is 29.6 Å². The number of hydrogen-bond donors (Lipinski definition) is 1. The number of amides is 1. The molecular formula is C16H18F2N2O3S2. The van der Waals surface area contributed by atoms with Gasteiger partial charge in [-0.15, -0.1) is 0 Å². The molecule has 0 aromatic heterocycles. The van der Waals surface area contributed by atoms with E-state index in [0.717, 1.165) is 38.1 Å². The predicted molar refractivity (Wildman–Crippen MR) is 96.4 cm³/mol. The molecule has 1 aromatic rings. The Labute approximate surface area is 154 Å². The van der Waals surface area contributed by atoms with Crippen molar-refractivity contribution in [2.24, 2.45) is 0 Å². The number of halogens is 2. The molecule has 0 radical (unpaired) electrons. The van der Waals surface area contributed by atoms with Crippen LogP contribution in [0, 0.1) is 11.6 Å². The van der Waals surface area contributed by atoms with E-state index in [4.69, 9.17) is 17.0 Å². The van der Waals surface area contributed by atoms with Gasteiger partial charge in [0.05, 0.1) is 11.4 Å². The quantitative estimate of drug-likeness (QED) is 0.618. The van der Waals surface area contributed by atoms with Crippen LogP contribution in [0.3, 0.4) is 0 Å². The number of nitrogens with zero attached hydrogens (tertiary/aromatic N) is 1. The summed E-state index contributed by atoms with van der Waals surface area (Å²) in [6, 6.07) is 2.77. The monoisotopic (exact) mass is 388 g/mol. The lowest BCUT2D eigenvalue weighted by Crippen LogP contribution is -2.31. The van der Waals surface area contributed by atoms with E-state index in [1.54, 1.807) is 0 Å². The molecule has 9 heteroatoms. The first-order chi connectivity index (χ1) is 11.9. The number of benzene rings is 1. The number of rotatable bonds is 5. The summed E-state index contributed by atoms with van der Waals surface area (Å²) in [6.45, 7) is 3.16. The van der Waals surface area contributed by atoms with Gasteiger partial charge in [-0.2, -0.15) is 0 Å². The third-order valence-corrected chi connectivity index (χ3v) is 5.04. The Balaban J connectivity index is 1.77. The first kappa shape index (κ1) is 19.6. The summed E-state index contributed by atoms with van der Waals surface area (Å²) in [4.78, 5) is 25.8. The first-order valence-electron chi connectivity index (χ1n) is 7.74. The molecule has 0 spiro atoms. The molecule has 1 aliphatic heterocycles. The summed E-state index contributed by atoms with van der Waals surface area (Å²) in [5.74, 6) is -2.95. The molecule has 1 amide bonds. The molecule has 0 aliphatic carbocycles. The van der Waals surface area contributed by atoms with Gasteiger partial charge in [-0.25, -0.2) is 8.78 Å². The zero-order chi connectivity index (χ0) is 18.4. The summed E-state index contributed by atoms with van der Waals surface area (Å²) in [5.41, 5.74) is -0.182. The first-order valence-corrected chi connectivity index (χ1v) is 9.13. The Hall–Kier alpha value is -1.74. The van der Waals surface area contributed by atoms with Crippen LogP contribution in [0.5, 0.6) is 0 Å². The van der Waals surface area contributed by atoms with Gasteiger partial charge in [0.2, 0.25) is 0 Å². The highest BCUT2D eigenvalue weighted by atomic mass is 32.2. The molecule has 25 heavy (non-hydrogen) atoms. The predicted octanol–water partition coefficient (Wildman–Crippen LogP) is 2.95. The third-order valence-electron chi connectivity index (χ3n) is 3.54. The number of ether oxygens (including phenoxy) is 1. The number of likely N-dealkylation sites (tertiary alicyclic amines) is 1. The molecule has 1 atom stereocenters. The average Bonchev–Trinajstić information content (AvgIpc) is 3.09. The number of hydrogen-bond acceptors (Lipinski definition) is 5. The zero-order valence-electron chi connectivity index (χ0n) is 13.6. The molecule has 2 rings (SSSR count). The van der Waals surface area contributed by atoms with E-state index in [0.29, 0.717) is 10.4 Å². The molecular weight excluding hydrogens is 370 g/mol. The van der Waals surface area contributed by atoms with Crippen LogP contribution < -0.4 is 5.32 Å². The minimum atomic E-state index is -1.11. The van der Waals surface area contributed by atoms with Gasteiger partial charge in [-0.3, -0.25) is 9.59 Å². The van der Waals surface area contributed by atoms with Crippen molar-refractivity contribution in [3.8, 4) is 0 Å². The minimum Gasteiger partial charge on any atom is -0.452 e. The van der Waals surface area contributed by atoms with Gasteiger partial charge in [0.1, 0.15) is 16.0 Å². The smallest absolute Gasteiger partial charge is 0.317 e. The van der Waals surface area contributed by atoms with Crippen LogP contribution >= 0.6 is 24.0 Å². The zero-order valence-corrected chi connectivity index (χ0v) is 15.2. The number of esters is 1. The Morgan fingerprint density at radius 2 is 2.04 bits per heavy atom. The fraction of sp³-hybridized carbons (Fsp3) is 0.438. The second-order valence-electron chi connectivity index (χ2n) is 5.49. The van der Waals surface area contributed by atoms with E-state index in [-0.39, 0.29) is 11.4 Å². The van der Waals surface area contributed by atoms with Gasteiger partial charge in [-0.05, 0) is 31.9 Å². The second-order valence-corrected chi connectivity index (χ2v) is 7.10. The molecule has 5 nitrogen and oxygen atoms in total. The molecule has 0 unspecified atom stereocenters. The number of anilines is 1. The standard InChI is InChI=1S/C16H18F2N2O3S2/c1-10(15(22)19-13-5-4-11(17)8-12(13)18)23-14(21)9-25-16(24)20-6-2-3-7-20/h4-5,8,10H,2-3,6-7,9H2,1H3,(H,19,22)/t10-/m0/s1. The van der Waals surface area contributed by atoms with Crippen molar-refractivity contribution in [2.75, 3.05) is 24.2 Å². The normalized spacial score (nSPS) is 14.9. The van der Waals surface area contributed by atoms with Crippen molar-refractivity contribution in [1.82, 2.24) is 4.90 Å². The summed E-state index contributed by atoms with van der Waals surface area (Å²) in [7, 11) is 0. The van der Waals surface area contributed by atoms with E-state index in [1.807, 2.05) is 4.90 Å². The van der Waals surface area contributed by atoms with E-state index in [9.17, 15) is 18.4 Å². The lowest BCUT2D eigenvalue weighted by atomic mass is 10.2. The summed E-state index contributed by atoms with van der Waals surface area (Å²) >= 11 is 6.43. The summed E-state index contributed by atoms with van der Waals surface area (Å²) < 4.78 is 32.0. The summed E-state index contributed by atoms with van der Waals surface area (Å²) in [6.07, 6.45) is 1.06. The minimum absolute atomic E-state index is 0.00212. The number of carbonyl (C=O) groups excluding carboxylic acids is 2. The largest absolute Gasteiger partial charge is 0.452 e. The van der Waals surface area contributed by atoms with E-state index in [1.165, 1.54) is 18.7 Å². The summed E-state index contributed by atoms with van der Waals surface area (Å²) in [5, 5.41) is 2.25.